The predicted molar refractivity (Wildman–Crippen MR) is 102 cm³/mol. The Morgan fingerprint density at radius 3 is 2.68 bits per heavy atom. The van der Waals surface area contributed by atoms with E-state index in [1.165, 1.54) is 16.5 Å². The maximum atomic E-state index is 12.8. The SMILES string of the molecule is O=S(=O)(c1cccc(Cl)c1)N1CCC(N2CCc3sccc3C2)CC1. The fraction of sp³-hybridized carbons (Fsp3) is 0.444. The van der Waals surface area contributed by atoms with Gasteiger partial charge in [0.15, 0.2) is 0 Å². The van der Waals surface area contributed by atoms with E-state index in [2.05, 4.69) is 16.3 Å². The summed E-state index contributed by atoms with van der Waals surface area (Å²) in [6, 6.07) is 9.24. The van der Waals surface area contributed by atoms with Crippen molar-refractivity contribution in [3.05, 3.63) is 51.2 Å². The summed E-state index contributed by atoms with van der Waals surface area (Å²) in [6.45, 7) is 3.24. The first-order chi connectivity index (χ1) is 12.0. The Bertz CT molecular complexity index is 857. The van der Waals surface area contributed by atoms with Gasteiger partial charge in [-0.2, -0.15) is 4.31 Å². The molecule has 2 aliphatic heterocycles. The van der Waals surface area contributed by atoms with Crippen LogP contribution in [0.15, 0.2) is 40.6 Å². The number of sulfonamides is 1. The second-order valence-electron chi connectivity index (χ2n) is 6.68. The van der Waals surface area contributed by atoms with Crippen molar-refractivity contribution < 1.29 is 8.42 Å². The zero-order valence-corrected chi connectivity index (χ0v) is 16.3. The lowest BCUT2D eigenvalue weighted by atomic mass is 10.0. The van der Waals surface area contributed by atoms with Crippen molar-refractivity contribution in [2.24, 2.45) is 0 Å². The lowest BCUT2D eigenvalue weighted by Gasteiger charge is -2.39. The summed E-state index contributed by atoms with van der Waals surface area (Å²) in [6.07, 6.45) is 2.90. The van der Waals surface area contributed by atoms with Gasteiger partial charge in [-0.05, 0) is 54.5 Å². The molecule has 4 nitrogen and oxygen atoms in total. The standard InChI is InChI=1S/C18H21ClN2O2S2/c19-15-2-1-3-17(12-15)25(22,23)21-9-4-16(5-10-21)20-8-6-18-14(13-20)7-11-24-18/h1-3,7,11-12,16H,4-6,8-10,13H2. The van der Waals surface area contributed by atoms with Gasteiger partial charge in [-0.25, -0.2) is 8.42 Å². The largest absolute Gasteiger partial charge is 0.296 e. The Labute approximate surface area is 158 Å². The summed E-state index contributed by atoms with van der Waals surface area (Å²) >= 11 is 7.81. The van der Waals surface area contributed by atoms with Crippen molar-refractivity contribution in [1.82, 2.24) is 9.21 Å². The van der Waals surface area contributed by atoms with Gasteiger partial charge in [-0.3, -0.25) is 4.90 Å². The maximum absolute atomic E-state index is 12.8. The van der Waals surface area contributed by atoms with Crippen LogP contribution in [0.3, 0.4) is 0 Å². The molecule has 134 valence electrons. The van der Waals surface area contributed by atoms with Crippen LogP contribution in [0.1, 0.15) is 23.3 Å². The average molecular weight is 397 g/mol. The fourth-order valence-corrected chi connectivity index (χ4v) is 6.47. The highest BCUT2D eigenvalue weighted by Crippen LogP contribution is 2.29. The molecule has 2 aromatic rings. The summed E-state index contributed by atoms with van der Waals surface area (Å²) in [5.41, 5.74) is 1.45. The van der Waals surface area contributed by atoms with Crippen LogP contribution in [-0.4, -0.2) is 43.3 Å². The van der Waals surface area contributed by atoms with Gasteiger partial charge >= 0.3 is 0 Å². The van der Waals surface area contributed by atoms with E-state index in [4.69, 9.17) is 11.6 Å². The molecule has 1 aromatic carbocycles. The van der Waals surface area contributed by atoms with Crippen molar-refractivity contribution in [1.29, 1.82) is 0 Å². The van der Waals surface area contributed by atoms with Crippen LogP contribution >= 0.6 is 22.9 Å². The molecular formula is C18H21ClN2O2S2. The van der Waals surface area contributed by atoms with Crippen LogP contribution in [0, 0.1) is 0 Å². The van der Waals surface area contributed by atoms with E-state index in [-0.39, 0.29) is 0 Å². The van der Waals surface area contributed by atoms with Gasteiger partial charge in [0, 0.05) is 42.1 Å². The summed E-state index contributed by atoms with van der Waals surface area (Å²) in [4.78, 5) is 4.33. The Morgan fingerprint density at radius 2 is 1.92 bits per heavy atom. The molecule has 4 rings (SSSR count). The predicted octanol–water partition coefficient (Wildman–Crippen LogP) is 3.61. The second-order valence-corrected chi connectivity index (χ2v) is 10.1. The first-order valence-corrected chi connectivity index (χ1v) is 11.3. The van der Waals surface area contributed by atoms with Gasteiger partial charge in [-0.15, -0.1) is 11.3 Å². The average Bonchev–Trinajstić information content (AvgIpc) is 3.09. The molecule has 25 heavy (non-hydrogen) atoms. The van der Waals surface area contributed by atoms with Crippen molar-refractivity contribution >= 4 is 33.0 Å². The molecule has 1 fully saturated rings. The van der Waals surface area contributed by atoms with Gasteiger partial charge in [0.05, 0.1) is 4.90 Å². The molecule has 0 saturated carbocycles. The molecule has 3 heterocycles. The van der Waals surface area contributed by atoms with Gasteiger partial charge in [0.1, 0.15) is 0 Å². The third-order valence-corrected chi connectivity index (χ3v) is 8.36. The molecule has 0 unspecified atom stereocenters. The fourth-order valence-electron chi connectivity index (χ4n) is 3.81. The number of halogens is 1. The molecule has 0 bridgehead atoms. The van der Waals surface area contributed by atoms with E-state index in [0.717, 1.165) is 32.4 Å². The van der Waals surface area contributed by atoms with Crippen LogP contribution in [0.2, 0.25) is 5.02 Å². The van der Waals surface area contributed by atoms with Crippen molar-refractivity contribution in [3.8, 4) is 0 Å². The van der Waals surface area contributed by atoms with Crippen LogP contribution in [0.4, 0.5) is 0 Å². The molecule has 0 atom stereocenters. The monoisotopic (exact) mass is 396 g/mol. The Balaban J connectivity index is 1.42. The van der Waals surface area contributed by atoms with E-state index in [1.807, 2.05) is 11.3 Å². The first kappa shape index (κ1) is 17.5. The van der Waals surface area contributed by atoms with Crippen molar-refractivity contribution in [2.75, 3.05) is 19.6 Å². The number of fused-ring (bicyclic) bond motifs is 1. The Hall–Kier alpha value is -0.920. The van der Waals surface area contributed by atoms with E-state index in [1.54, 1.807) is 22.5 Å². The Kier molecular flexibility index (Phi) is 4.90. The highest BCUT2D eigenvalue weighted by Gasteiger charge is 2.32. The minimum Gasteiger partial charge on any atom is -0.296 e. The van der Waals surface area contributed by atoms with E-state index in [0.29, 0.717) is 29.0 Å². The molecule has 7 heteroatoms. The number of rotatable bonds is 3. The smallest absolute Gasteiger partial charge is 0.243 e. The molecule has 0 radical (unpaired) electrons. The zero-order chi connectivity index (χ0) is 17.4. The van der Waals surface area contributed by atoms with Gasteiger partial charge in [-0.1, -0.05) is 17.7 Å². The normalized spacial score (nSPS) is 20.5. The lowest BCUT2D eigenvalue weighted by molar-refractivity contribution is 0.127. The summed E-state index contributed by atoms with van der Waals surface area (Å²) in [5.74, 6) is 0. The highest BCUT2D eigenvalue weighted by atomic mass is 35.5. The van der Waals surface area contributed by atoms with Gasteiger partial charge < -0.3 is 0 Å². The van der Waals surface area contributed by atoms with E-state index >= 15 is 0 Å². The number of thiophene rings is 1. The molecule has 0 N–H and O–H groups in total. The van der Waals surface area contributed by atoms with Gasteiger partial charge in [0.2, 0.25) is 10.0 Å². The topological polar surface area (TPSA) is 40.6 Å². The number of benzene rings is 1. The molecular weight excluding hydrogens is 376 g/mol. The third kappa shape index (κ3) is 3.51. The van der Waals surface area contributed by atoms with Crippen LogP contribution < -0.4 is 0 Å². The third-order valence-electron chi connectivity index (χ3n) is 5.21. The molecule has 1 saturated heterocycles. The van der Waals surface area contributed by atoms with Crippen LogP contribution in [0.5, 0.6) is 0 Å². The van der Waals surface area contributed by atoms with Crippen LogP contribution in [0.25, 0.3) is 0 Å². The van der Waals surface area contributed by atoms with Crippen LogP contribution in [-0.2, 0) is 23.0 Å². The molecule has 0 amide bonds. The molecule has 0 spiro atoms. The molecule has 1 aromatic heterocycles. The zero-order valence-electron chi connectivity index (χ0n) is 13.9. The highest BCUT2D eigenvalue weighted by molar-refractivity contribution is 7.89. The minimum atomic E-state index is -3.45. The summed E-state index contributed by atoms with van der Waals surface area (Å²) in [5, 5.41) is 2.63. The quantitative estimate of drug-likeness (QED) is 0.795. The number of piperidine rings is 1. The summed E-state index contributed by atoms with van der Waals surface area (Å²) < 4.78 is 27.2. The first-order valence-electron chi connectivity index (χ1n) is 8.59. The van der Waals surface area contributed by atoms with Gasteiger partial charge in [0.25, 0.3) is 0 Å². The summed E-state index contributed by atoms with van der Waals surface area (Å²) in [7, 11) is -3.45. The van der Waals surface area contributed by atoms with E-state index in [9.17, 15) is 8.42 Å². The van der Waals surface area contributed by atoms with Crippen molar-refractivity contribution in [2.45, 2.75) is 36.7 Å². The van der Waals surface area contributed by atoms with Crippen molar-refractivity contribution in [3.63, 3.8) is 0 Å². The maximum Gasteiger partial charge on any atom is 0.243 e. The molecule has 0 aliphatic carbocycles. The Morgan fingerprint density at radius 1 is 1.12 bits per heavy atom. The molecule has 2 aliphatic rings. The number of nitrogens with zero attached hydrogens (tertiary/aromatic N) is 2. The van der Waals surface area contributed by atoms with E-state index < -0.39 is 10.0 Å². The lowest BCUT2D eigenvalue weighted by Crippen LogP contribution is -2.47. The second kappa shape index (κ2) is 7.00. The number of hydrogen-bond donors (Lipinski definition) is 0. The number of hydrogen-bond acceptors (Lipinski definition) is 4. The minimum absolute atomic E-state index is 0.291.